The van der Waals surface area contributed by atoms with E-state index in [2.05, 4.69) is 17.0 Å². The van der Waals surface area contributed by atoms with Crippen LogP contribution in [0.4, 0.5) is 4.79 Å². The van der Waals surface area contributed by atoms with E-state index < -0.39 is 10.0 Å². The lowest BCUT2D eigenvalue weighted by atomic mass is 9.92. The van der Waals surface area contributed by atoms with Crippen molar-refractivity contribution in [1.29, 1.82) is 0 Å². The second kappa shape index (κ2) is 12.8. The molecule has 1 amide bonds. The molecule has 1 aliphatic carbocycles. The monoisotopic (exact) mass is 575 g/mol. The van der Waals surface area contributed by atoms with Crippen LogP contribution in [0.1, 0.15) is 37.3 Å². The Hall–Kier alpha value is -3.20. The molecule has 0 radical (unpaired) electrons. The zero-order chi connectivity index (χ0) is 28.9. The van der Waals surface area contributed by atoms with Crippen LogP contribution in [-0.4, -0.2) is 74.4 Å². The summed E-state index contributed by atoms with van der Waals surface area (Å²) >= 11 is 0. The fourth-order valence-electron chi connectivity index (χ4n) is 6.35. The lowest BCUT2D eigenvalue weighted by Crippen LogP contribution is -2.48. The summed E-state index contributed by atoms with van der Waals surface area (Å²) in [6.07, 6.45) is 2.52. The van der Waals surface area contributed by atoms with E-state index in [0.717, 1.165) is 44.5 Å². The van der Waals surface area contributed by atoms with Crippen LogP contribution in [-0.2, 0) is 26.8 Å². The van der Waals surface area contributed by atoms with Crippen LogP contribution in [0.5, 0.6) is 0 Å². The number of benzene rings is 3. The molecule has 5 rings (SSSR count). The third-order valence-corrected chi connectivity index (χ3v) is 10.6. The van der Waals surface area contributed by atoms with E-state index in [1.54, 1.807) is 31.3 Å². The summed E-state index contributed by atoms with van der Waals surface area (Å²) in [7, 11) is -1.88. The van der Waals surface area contributed by atoms with Crippen molar-refractivity contribution >= 4 is 16.1 Å². The molecule has 0 aromatic heterocycles. The highest BCUT2D eigenvalue weighted by atomic mass is 32.2. The third-order valence-electron chi connectivity index (χ3n) is 8.79. The van der Waals surface area contributed by atoms with Crippen LogP contribution in [0.3, 0.4) is 0 Å². The number of likely N-dealkylation sites (N-methyl/N-ethyl adjacent to an activating group) is 1. The van der Waals surface area contributed by atoms with Crippen LogP contribution in [0.2, 0.25) is 0 Å². The van der Waals surface area contributed by atoms with Gasteiger partial charge in [0.2, 0.25) is 10.0 Å². The summed E-state index contributed by atoms with van der Waals surface area (Å²) in [6, 6.07) is 29.0. The molecule has 1 heterocycles. The Morgan fingerprint density at radius 3 is 2.12 bits per heavy atom. The van der Waals surface area contributed by atoms with Gasteiger partial charge in [0.05, 0.1) is 4.90 Å². The molecule has 2 aliphatic rings. The zero-order valence-electron chi connectivity index (χ0n) is 24.1. The molecule has 1 saturated heterocycles. The number of sulfonamides is 1. The average Bonchev–Trinajstić information content (AvgIpc) is 3.71. The van der Waals surface area contributed by atoms with Gasteiger partial charge in [-0.15, -0.1) is 0 Å². The van der Waals surface area contributed by atoms with Crippen molar-refractivity contribution in [3.63, 3.8) is 0 Å². The Labute approximate surface area is 244 Å². The average molecular weight is 576 g/mol. The molecule has 7 nitrogen and oxygen atoms in total. The molecule has 3 aromatic rings. The normalized spacial score (nSPS) is 21.5. The van der Waals surface area contributed by atoms with Gasteiger partial charge in [0.25, 0.3) is 0 Å². The Kier molecular flexibility index (Phi) is 9.12. The molecule has 2 unspecified atom stereocenters. The number of hydrogen-bond donors (Lipinski definition) is 0. The number of rotatable bonds is 11. The van der Waals surface area contributed by atoms with Crippen LogP contribution in [0.25, 0.3) is 0 Å². The summed E-state index contributed by atoms with van der Waals surface area (Å²) in [4.78, 5) is 17.6. The highest BCUT2D eigenvalue weighted by Crippen LogP contribution is 2.55. The standard InChI is InChI=1S/C33H41N3O4S/c1-3-36(32(37)40-25-27-13-7-4-8-14-27)30-19-21-35(22-20-30)24-29-23-33(29,28-15-9-5-10-16-28)26-34(2)41(38,39)31-17-11-6-12-18-31/h4-18,29-30H,3,19-26H2,1-2H3. The smallest absolute Gasteiger partial charge is 0.410 e. The predicted molar refractivity (Wildman–Crippen MR) is 161 cm³/mol. The summed E-state index contributed by atoms with van der Waals surface area (Å²) < 4.78 is 33.9. The van der Waals surface area contributed by atoms with E-state index in [4.69, 9.17) is 4.74 Å². The van der Waals surface area contributed by atoms with Gasteiger partial charge in [-0.2, -0.15) is 0 Å². The van der Waals surface area contributed by atoms with Crippen molar-refractivity contribution in [1.82, 2.24) is 14.1 Å². The molecule has 8 heteroatoms. The molecule has 2 atom stereocenters. The van der Waals surface area contributed by atoms with Gasteiger partial charge in [-0.3, -0.25) is 0 Å². The fraction of sp³-hybridized carbons (Fsp3) is 0.424. The first-order valence-corrected chi connectivity index (χ1v) is 16.0. The van der Waals surface area contributed by atoms with Crippen molar-refractivity contribution in [2.24, 2.45) is 5.92 Å². The quantitative estimate of drug-likeness (QED) is 0.307. The minimum atomic E-state index is -3.58. The largest absolute Gasteiger partial charge is 0.445 e. The Bertz CT molecular complexity index is 1380. The molecule has 2 fully saturated rings. The lowest BCUT2D eigenvalue weighted by molar-refractivity contribution is 0.0620. The maximum atomic E-state index is 13.3. The van der Waals surface area contributed by atoms with E-state index in [0.29, 0.717) is 23.9 Å². The van der Waals surface area contributed by atoms with Crippen LogP contribution in [0.15, 0.2) is 95.9 Å². The van der Waals surface area contributed by atoms with Gasteiger partial charge in [-0.05, 0) is 55.4 Å². The molecular weight excluding hydrogens is 534 g/mol. The minimum absolute atomic E-state index is 0.166. The van der Waals surface area contributed by atoms with Crippen molar-refractivity contribution < 1.29 is 17.9 Å². The molecule has 3 aromatic carbocycles. The number of hydrogen-bond acceptors (Lipinski definition) is 5. The number of ether oxygens (including phenoxy) is 1. The van der Waals surface area contributed by atoms with Crippen LogP contribution < -0.4 is 0 Å². The highest BCUT2D eigenvalue weighted by molar-refractivity contribution is 7.89. The van der Waals surface area contributed by atoms with Crippen molar-refractivity contribution in [2.45, 2.75) is 49.1 Å². The molecule has 0 bridgehead atoms. The second-order valence-corrected chi connectivity index (χ2v) is 13.4. The van der Waals surface area contributed by atoms with E-state index in [1.807, 2.05) is 66.4 Å². The van der Waals surface area contributed by atoms with Gasteiger partial charge in [-0.25, -0.2) is 17.5 Å². The number of carbonyl (C=O) groups is 1. The van der Waals surface area contributed by atoms with Gasteiger partial charge in [0, 0.05) is 51.2 Å². The molecule has 1 saturated carbocycles. The van der Waals surface area contributed by atoms with E-state index in [-0.39, 0.29) is 24.2 Å². The number of amides is 1. The van der Waals surface area contributed by atoms with Crippen LogP contribution in [0, 0.1) is 5.92 Å². The number of piperidine rings is 1. The molecule has 0 spiro atoms. The third kappa shape index (κ3) is 6.66. The molecule has 1 aliphatic heterocycles. The van der Waals surface area contributed by atoms with Gasteiger partial charge < -0.3 is 14.5 Å². The maximum absolute atomic E-state index is 13.3. The van der Waals surface area contributed by atoms with Crippen molar-refractivity contribution in [2.75, 3.05) is 39.8 Å². The zero-order valence-corrected chi connectivity index (χ0v) is 24.9. The number of carbonyl (C=O) groups excluding carboxylic acids is 1. The van der Waals surface area contributed by atoms with Gasteiger partial charge >= 0.3 is 6.09 Å². The topological polar surface area (TPSA) is 70.2 Å². The fourth-order valence-corrected chi connectivity index (χ4v) is 7.61. The summed E-state index contributed by atoms with van der Waals surface area (Å²) in [5, 5.41) is 0. The van der Waals surface area contributed by atoms with E-state index >= 15 is 0 Å². The second-order valence-electron chi connectivity index (χ2n) is 11.4. The maximum Gasteiger partial charge on any atom is 0.410 e. The number of likely N-dealkylation sites (tertiary alicyclic amines) is 1. The summed E-state index contributed by atoms with van der Waals surface area (Å²) in [5.41, 5.74) is 1.99. The summed E-state index contributed by atoms with van der Waals surface area (Å²) in [6.45, 7) is 6.11. The Morgan fingerprint density at radius 1 is 0.927 bits per heavy atom. The summed E-state index contributed by atoms with van der Waals surface area (Å²) in [5.74, 6) is 0.369. The molecule has 0 N–H and O–H groups in total. The van der Waals surface area contributed by atoms with Crippen molar-refractivity contribution in [3.05, 3.63) is 102 Å². The first-order chi connectivity index (χ1) is 19.8. The predicted octanol–water partition coefficient (Wildman–Crippen LogP) is 5.39. The first-order valence-electron chi connectivity index (χ1n) is 14.6. The van der Waals surface area contributed by atoms with Gasteiger partial charge in [-0.1, -0.05) is 78.9 Å². The minimum Gasteiger partial charge on any atom is -0.445 e. The Morgan fingerprint density at radius 2 is 1.51 bits per heavy atom. The van der Waals surface area contributed by atoms with E-state index in [9.17, 15) is 13.2 Å². The number of nitrogens with zero attached hydrogens (tertiary/aromatic N) is 3. The first kappa shape index (κ1) is 29.3. The van der Waals surface area contributed by atoms with Crippen molar-refractivity contribution in [3.8, 4) is 0 Å². The van der Waals surface area contributed by atoms with Gasteiger partial charge in [0.15, 0.2) is 0 Å². The molecular formula is C33H41N3O4S. The Balaban J connectivity index is 1.19. The molecule has 218 valence electrons. The van der Waals surface area contributed by atoms with E-state index in [1.165, 1.54) is 9.87 Å². The van der Waals surface area contributed by atoms with Gasteiger partial charge in [0.1, 0.15) is 6.61 Å². The lowest BCUT2D eigenvalue weighted by Gasteiger charge is -2.38. The van der Waals surface area contributed by atoms with Crippen LogP contribution >= 0.6 is 0 Å². The highest BCUT2D eigenvalue weighted by Gasteiger charge is 2.56. The SMILES string of the molecule is CCN(C(=O)OCc1ccccc1)C1CCN(CC2CC2(CN(C)S(=O)(=O)c2ccccc2)c2ccccc2)CC1. The molecule has 41 heavy (non-hydrogen) atoms.